The molecule has 4 heteroatoms. The van der Waals surface area contributed by atoms with Gasteiger partial charge in [0.1, 0.15) is 0 Å². The van der Waals surface area contributed by atoms with Gasteiger partial charge in [0.25, 0.3) is 0 Å². The van der Waals surface area contributed by atoms with Crippen LogP contribution in [0, 0.1) is 0 Å². The standard InChI is InChI=1S/C12H15BrO2S/c1-4-7-9-10(13)12(8-5-2,16-6-3)15-11(9)14/h4-5H,1-2,6-8H2,3H3. The number of hydrogen-bond donors (Lipinski definition) is 0. The maximum atomic E-state index is 11.7. The molecule has 1 aliphatic heterocycles. The van der Waals surface area contributed by atoms with Crippen molar-refractivity contribution >= 4 is 33.7 Å². The fraction of sp³-hybridized carbons (Fsp3) is 0.417. The summed E-state index contributed by atoms with van der Waals surface area (Å²) in [6.07, 6.45) is 4.62. The Bertz CT molecular complexity index is 349. The van der Waals surface area contributed by atoms with Crippen LogP contribution in [0.15, 0.2) is 35.4 Å². The largest absolute Gasteiger partial charge is 0.439 e. The maximum absolute atomic E-state index is 11.7. The Morgan fingerprint density at radius 1 is 1.50 bits per heavy atom. The molecule has 2 nitrogen and oxygen atoms in total. The molecule has 0 fully saturated rings. The Hall–Kier alpha value is -0.480. The molecular formula is C12H15BrO2S. The van der Waals surface area contributed by atoms with Gasteiger partial charge in [-0.25, -0.2) is 4.79 Å². The van der Waals surface area contributed by atoms with E-state index in [1.165, 1.54) is 0 Å². The smallest absolute Gasteiger partial charge is 0.337 e. The average molecular weight is 303 g/mol. The summed E-state index contributed by atoms with van der Waals surface area (Å²) in [7, 11) is 0. The van der Waals surface area contributed by atoms with Crippen LogP contribution < -0.4 is 0 Å². The van der Waals surface area contributed by atoms with E-state index >= 15 is 0 Å². The number of carbonyl (C=O) groups excluding carboxylic acids is 1. The summed E-state index contributed by atoms with van der Waals surface area (Å²) in [5.41, 5.74) is 0.665. The third-order valence-corrected chi connectivity index (χ3v) is 4.83. The summed E-state index contributed by atoms with van der Waals surface area (Å²) < 4.78 is 6.32. The van der Waals surface area contributed by atoms with Crippen molar-refractivity contribution in [3.63, 3.8) is 0 Å². The number of rotatable bonds is 6. The van der Waals surface area contributed by atoms with Gasteiger partial charge in [-0.3, -0.25) is 0 Å². The Balaban J connectivity index is 3.08. The Labute approximate surface area is 109 Å². The molecule has 0 N–H and O–H groups in total. The summed E-state index contributed by atoms with van der Waals surface area (Å²) in [5.74, 6) is 0.618. The average Bonchev–Trinajstić information content (AvgIpc) is 2.45. The van der Waals surface area contributed by atoms with Crippen molar-refractivity contribution in [1.29, 1.82) is 0 Å². The van der Waals surface area contributed by atoms with E-state index in [4.69, 9.17) is 4.74 Å². The van der Waals surface area contributed by atoms with Gasteiger partial charge in [-0.2, -0.15) is 0 Å². The lowest BCUT2D eigenvalue weighted by atomic mass is 10.1. The number of allylic oxidation sites excluding steroid dienone is 1. The second-order valence-corrected chi connectivity index (χ2v) is 5.67. The van der Waals surface area contributed by atoms with Crippen molar-refractivity contribution in [2.24, 2.45) is 0 Å². The van der Waals surface area contributed by atoms with Crippen LogP contribution in [-0.2, 0) is 9.53 Å². The van der Waals surface area contributed by atoms with Gasteiger partial charge in [0.05, 0.1) is 10.1 Å². The Morgan fingerprint density at radius 2 is 2.19 bits per heavy atom. The minimum atomic E-state index is -0.605. The van der Waals surface area contributed by atoms with E-state index in [0.717, 1.165) is 10.2 Å². The fourth-order valence-corrected chi connectivity index (χ4v) is 3.60. The predicted octanol–water partition coefficient (Wildman–Crippen LogP) is 3.79. The second-order valence-electron chi connectivity index (χ2n) is 3.35. The van der Waals surface area contributed by atoms with Crippen LogP contribution in [0.2, 0.25) is 0 Å². The molecule has 0 aliphatic carbocycles. The number of carbonyl (C=O) groups is 1. The van der Waals surface area contributed by atoms with Gasteiger partial charge < -0.3 is 4.74 Å². The number of ether oxygens (including phenoxy) is 1. The molecule has 16 heavy (non-hydrogen) atoms. The van der Waals surface area contributed by atoms with Crippen LogP contribution in [0.4, 0.5) is 0 Å². The first kappa shape index (κ1) is 13.6. The highest BCUT2D eigenvalue weighted by Crippen LogP contribution is 2.48. The molecule has 0 aromatic heterocycles. The molecule has 0 aromatic carbocycles. The van der Waals surface area contributed by atoms with Gasteiger partial charge in [0.15, 0.2) is 4.93 Å². The van der Waals surface area contributed by atoms with E-state index in [1.54, 1.807) is 23.9 Å². The SMILES string of the molecule is C=CCC1=C(Br)C(CC=C)(SCC)OC1=O. The summed E-state index contributed by atoms with van der Waals surface area (Å²) in [6, 6.07) is 0. The van der Waals surface area contributed by atoms with Crippen LogP contribution in [0.5, 0.6) is 0 Å². The molecule has 0 bridgehead atoms. The van der Waals surface area contributed by atoms with Gasteiger partial charge in [0, 0.05) is 6.42 Å². The van der Waals surface area contributed by atoms with Crippen LogP contribution in [0.3, 0.4) is 0 Å². The van der Waals surface area contributed by atoms with E-state index < -0.39 is 4.93 Å². The van der Waals surface area contributed by atoms with Gasteiger partial charge in [-0.1, -0.05) is 19.1 Å². The van der Waals surface area contributed by atoms with E-state index in [-0.39, 0.29) is 5.97 Å². The third kappa shape index (κ3) is 2.43. The highest BCUT2D eigenvalue weighted by atomic mass is 79.9. The first-order chi connectivity index (χ1) is 7.61. The maximum Gasteiger partial charge on any atom is 0.337 e. The molecule has 0 saturated heterocycles. The second kappa shape index (κ2) is 5.73. The molecule has 1 aliphatic rings. The fourth-order valence-electron chi connectivity index (χ4n) is 1.60. The minimum absolute atomic E-state index is 0.255. The van der Waals surface area contributed by atoms with Gasteiger partial charge in [-0.05, 0) is 28.1 Å². The van der Waals surface area contributed by atoms with Crippen LogP contribution in [0.25, 0.3) is 0 Å². The molecule has 0 aromatic rings. The molecule has 1 rings (SSSR count). The lowest BCUT2D eigenvalue weighted by molar-refractivity contribution is -0.141. The van der Waals surface area contributed by atoms with Crippen molar-refractivity contribution in [2.75, 3.05) is 5.75 Å². The van der Waals surface area contributed by atoms with Gasteiger partial charge >= 0.3 is 5.97 Å². The molecule has 1 atom stereocenters. The summed E-state index contributed by atoms with van der Waals surface area (Å²) in [5, 5.41) is 0. The molecule has 88 valence electrons. The van der Waals surface area contributed by atoms with Crippen molar-refractivity contribution in [3.8, 4) is 0 Å². The molecule has 1 heterocycles. The lowest BCUT2D eigenvalue weighted by Crippen LogP contribution is -2.25. The van der Waals surface area contributed by atoms with E-state index in [1.807, 2.05) is 6.92 Å². The highest BCUT2D eigenvalue weighted by molar-refractivity contribution is 9.12. The monoisotopic (exact) mass is 302 g/mol. The molecular weight excluding hydrogens is 288 g/mol. The van der Waals surface area contributed by atoms with Crippen LogP contribution >= 0.6 is 27.7 Å². The lowest BCUT2D eigenvalue weighted by Gasteiger charge is -2.26. The van der Waals surface area contributed by atoms with E-state index in [9.17, 15) is 4.79 Å². The molecule has 0 amide bonds. The number of cyclic esters (lactones) is 1. The molecule has 0 spiro atoms. The van der Waals surface area contributed by atoms with Gasteiger partial charge in [0.2, 0.25) is 0 Å². The Morgan fingerprint density at radius 3 is 2.69 bits per heavy atom. The quantitative estimate of drug-likeness (QED) is 0.551. The zero-order valence-corrected chi connectivity index (χ0v) is 11.7. The third-order valence-electron chi connectivity index (χ3n) is 2.24. The Kier molecular flexibility index (Phi) is 4.87. The van der Waals surface area contributed by atoms with Gasteiger partial charge in [-0.15, -0.1) is 24.9 Å². The predicted molar refractivity (Wildman–Crippen MR) is 72.5 cm³/mol. The first-order valence-electron chi connectivity index (χ1n) is 5.09. The number of esters is 1. The molecule has 1 unspecified atom stereocenters. The molecule has 0 radical (unpaired) electrons. The summed E-state index contributed by atoms with van der Waals surface area (Å²) >= 11 is 5.09. The van der Waals surface area contributed by atoms with E-state index in [0.29, 0.717) is 18.4 Å². The van der Waals surface area contributed by atoms with Crippen LogP contribution in [0.1, 0.15) is 19.8 Å². The number of thioether (sulfide) groups is 1. The zero-order valence-electron chi connectivity index (χ0n) is 9.29. The number of hydrogen-bond acceptors (Lipinski definition) is 3. The normalized spacial score (nSPS) is 24.5. The van der Waals surface area contributed by atoms with Crippen molar-refractivity contribution in [1.82, 2.24) is 0 Å². The first-order valence-corrected chi connectivity index (χ1v) is 6.87. The number of halogens is 1. The molecule has 0 saturated carbocycles. The summed E-state index contributed by atoms with van der Waals surface area (Å²) in [4.78, 5) is 11.1. The zero-order chi connectivity index (χ0) is 12.2. The summed E-state index contributed by atoms with van der Waals surface area (Å²) in [6.45, 7) is 9.39. The van der Waals surface area contributed by atoms with Crippen molar-refractivity contribution in [2.45, 2.75) is 24.7 Å². The van der Waals surface area contributed by atoms with E-state index in [2.05, 4.69) is 29.1 Å². The minimum Gasteiger partial charge on any atom is -0.439 e. The topological polar surface area (TPSA) is 26.3 Å². The van der Waals surface area contributed by atoms with Crippen LogP contribution in [-0.4, -0.2) is 16.7 Å². The van der Waals surface area contributed by atoms with Crippen molar-refractivity contribution < 1.29 is 9.53 Å². The highest BCUT2D eigenvalue weighted by Gasteiger charge is 2.45. The van der Waals surface area contributed by atoms with Crippen molar-refractivity contribution in [3.05, 3.63) is 35.4 Å².